The lowest BCUT2D eigenvalue weighted by atomic mass is 10.3. The molecule has 116 valence electrons. The molecular formula is C14H15ClN4O2S. The van der Waals surface area contributed by atoms with Crippen molar-refractivity contribution < 1.29 is 9.53 Å². The zero-order valence-electron chi connectivity index (χ0n) is 12.1. The summed E-state index contributed by atoms with van der Waals surface area (Å²) in [5, 5.41) is 3.72. The number of aryl methyl sites for hydroxylation is 1. The number of ether oxygens (including phenoxy) is 1. The number of anilines is 2. The molecule has 8 heteroatoms. The number of benzene rings is 1. The molecule has 1 amide bonds. The monoisotopic (exact) mass is 338 g/mol. The van der Waals surface area contributed by atoms with E-state index in [0.29, 0.717) is 27.4 Å². The van der Waals surface area contributed by atoms with Crippen LogP contribution in [0, 0.1) is 6.92 Å². The topological polar surface area (TPSA) is 90.1 Å². The lowest BCUT2D eigenvalue weighted by Gasteiger charge is -2.10. The van der Waals surface area contributed by atoms with Crippen LogP contribution >= 0.6 is 23.4 Å². The van der Waals surface area contributed by atoms with Gasteiger partial charge in [-0.1, -0.05) is 23.4 Å². The zero-order chi connectivity index (χ0) is 16.1. The van der Waals surface area contributed by atoms with Crippen molar-refractivity contribution in [3.05, 3.63) is 35.0 Å². The van der Waals surface area contributed by atoms with E-state index in [4.69, 9.17) is 22.1 Å². The predicted molar refractivity (Wildman–Crippen MR) is 88.5 cm³/mol. The first-order valence-electron chi connectivity index (χ1n) is 6.35. The molecule has 0 saturated heterocycles. The molecule has 0 bridgehead atoms. The number of amides is 1. The maximum Gasteiger partial charge on any atom is 0.234 e. The zero-order valence-corrected chi connectivity index (χ0v) is 13.7. The smallest absolute Gasteiger partial charge is 0.234 e. The van der Waals surface area contributed by atoms with Gasteiger partial charge in [-0.05, 0) is 25.1 Å². The molecule has 2 aromatic rings. The first kappa shape index (κ1) is 16.4. The van der Waals surface area contributed by atoms with Gasteiger partial charge >= 0.3 is 0 Å². The Morgan fingerprint density at radius 1 is 1.41 bits per heavy atom. The molecule has 1 heterocycles. The third kappa shape index (κ3) is 4.51. The Balaban J connectivity index is 2.00. The quantitative estimate of drug-likeness (QED) is 0.643. The van der Waals surface area contributed by atoms with E-state index in [1.165, 1.54) is 18.9 Å². The minimum absolute atomic E-state index is 0.151. The number of thioether (sulfide) groups is 1. The van der Waals surface area contributed by atoms with Crippen LogP contribution in [0.25, 0.3) is 0 Å². The summed E-state index contributed by atoms with van der Waals surface area (Å²) in [5.74, 6) is 0.860. The van der Waals surface area contributed by atoms with Gasteiger partial charge in [0.05, 0.1) is 18.6 Å². The third-order valence-electron chi connectivity index (χ3n) is 2.62. The molecule has 1 aromatic heterocycles. The second-order valence-corrected chi connectivity index (χ2v) is 5.78. The molecule has 0 aliphatic rings. The maximum atomic E-state index is 12.0. The van der Waals surface area contributed by atoms with Crippen molar-refractivity contribution >= 4 is 40.8 Å². The molecule has 1 aromatic carbocycles. The van der Waals surface area contributed by atoms with Crippen LogP contribution in [0.2, 0.25) is 5.02 Å². The fourth-order valence-electron chi connectivity index (χ4n) is 1.72. The van der Waals surface area contributed by atoms with E-state index in [1.807, 2.05) is 6.92 Å². The summed E-state index contributed by atoms with van der Waals surface area (Å²) in [5.41, 5.74) is 6.92. The second-order valence-electron chi connectivity index (χ2n) is 4.40. The average molecular weight is 339 g/mol. The van der Waals surface area contributed by atoms with Crippen LogP contribution in [0.5, 0.6) is 5.75 Å². The van der Waals surface area contributed by atoms with Crippen LogP contribution in [0.15, 0.2) is 29.4 Å². The number of hydrogen-bond donors (Lipinski definition) is 2. The highest BCUT2D eigenvalue weighted by Crippen LogP contribution is 2.28. The molecule has 0 unspecified atom stereocenters. The van der Waals surface area contributed by atoms with Gasteiger partial charge in [-0.3, -0.25) is 4.79 Å². The molecule has 0 aliphatic heterocycles. The minimum Gasteiger partial charge on any atom is -0.495 e. The van der Waals surface area contributed by atoms with Gasteiger partial charge in [0.15, 0.2) is 5.16 Å². The lowest BCUT2D eigenvalue weighted by molar-refractivity contribution is -0.113. The van der Waals surface area contributed by atoms with Crippen molar-refractivity contribution in [2.24, 2.45) is 0 Å². The molecule has 6 nitrogen and oxygen atoms in total. The van der Waals surface area contributed by atoms with Crippen molar-refractivity contribution in [1.29, 1.82) is 0 Å². The van der Waals surface area contributed by atoms with Crippen molar-refractivity contribution in [1.82, 2.24) is 9.97 Å². The van der Waals surface area contributed by atoms with Crippen molar-refractivity contribution in [3.8, 4) is 5.75 Å². The van der Waals surface area contributed by atoms with Crippen molar-refractivity contribution in [2.75, 3.05) is 23.9 Å². The summed E-state index contributed by atoms with van der Waals surface area (Å²) in [7, 11) is 1.52. The maximum absolute atomic E-state index is 12.0. The number of carbonyl (C=O) groups is 1. The van der Waals surface area contributed by atoms with Crippen LogP contribution in [0.3, 0.4) is 0 Å². The van der Waals surface area contributed by atoms with Gasteiger partial charge in [0, 0.05) is 16.8 Å². The summed E-state index contributed by atoms with van der Waals surface area (Å²) < 4.78 is 5.17. The Kier molecular flexibility index (Phi) is 5.46. The number of nitrogens with zero attached hydrogens (tertiary/aromatic N) is 2. The molecule has 0 fully saturated rings. The molecule has 3 N–H and O–H groups in total. The number of nitrogens with one attached hydrogen (secondary N) is 1. The number of aromatic nitrogens is 2. The fraction of sp³-hybridized carbons (Fsp3) is 0.214. The molecule has 0 saturated carbocycles. The first-order valence-corrected chi connectivity index (χ1v) is 7.71. The summed E-state index contributed by atoms with van der Waals surface area (Å²) in [6.45, 7) is 1.82. The molecule has 0 spiro atoms. The number of rotatable bonds is 5. The van der Waals surface area contributed by atoms with Crippen molar-refractivity contribution in [2.45, 2.75) is 12.1 Å². The van der Waals surface area contributed by atoms with Crippen molar-refractivity contribution in [3.63, 3.8) is 0 Å². The van der Waals surface area contributed by atoms with Crippen LogP contribution in [-0.4, -0.2) is 28.7 Å². The number of carbonyl (C=O) groups excluding carboxylic acids is 1. The van der Waals surface area contributed by atoms with E-state index >= 15 is 0 Å². The fourth-order valence-corrected chi connectivity index (χ4v) is 2.61. The van der Waals surface area contributed by atoms with E-state index in [-0.39, 0.29) is 11.7 Å². The normalized spacial score (nSPS) is 10.3. The molecule has 2 rings (SSSR count). The Hall–Kier alpha value is -1.99. The van der Waals surface area contributed by atoms with E-state index in [1.54, 1.807) is 24.3 Å². The van der Waals surface area contributed by atoms with Crippen LogP contribution in [-0.2, 0) is 4.79 Å². The Morgan fingerprint density at radius 2 is 2.18 bits per heavy atom. The molecule has 22 heavy (non-hydrogen) atoms. The van der Waals surface area contributed by atoms with Crippen LogP contribution in [0.4, 0.5) is 11.5 Å². The Labute approximate surface area is 137 Å². The average Bonchev–Trinajstić information content (AvgIpc) is 2.44. The number of nitrogen functional groups attached to an aromatic ring is 1. The summed E-state index contributed by atoms with van der Waals surface area (Å²) >= 11 is 7.12. The second kappa shape index (κ2) is 7.33. The Bertz CT molecular complexity index is 676. The van der Waals surface area contributed by atoms with E-state index < -0.39 is 0 Å². The van der Waals surface area contributed by atoms with Gasteiger partial charge < -0.3 is 15.8 Å². The van der Waals surface area contributed by atoms with Gasteiger partial charge in [0.2, 0.25) is 5.91 Å². The third-order valence-corrected chi connectivity index (χ3v) is 3.70. The number of methoxy groups -OCH3 is 1. The Morgan fingerprint density at radius 3 is 2.86 bits per heavy atom. The first-order chi connectivity index (χ1) is 10.5. The highest BCUT2D eigenvalue weighted by Gasteiger charge is 2.10. The van der Waals surface area contributed by atoms with E-state index in [9.17, 15) is 4.79 Å². The molecular weight excluding hydrogens is 324 g/mol. The van der Waals surface area contributed by atoms with Gasteiger partial charge in [-0.15, -0.1) is 0 Å². The SMILES string of the molecule is COc1ccc(Cl)cc1NC(=O)CSc1nc(C)cc(N)n1. The van der Waals surface area contributed by atoms with Crippen LogP contribution in [0.1, 0.15) is 5.69 Å². The number of hydrogen-bond acceptors (Lipinski definition) is 6. The van der Waals surface area contributed by atoms with Crippen LogP contribution < -0.4 is 15.8 Å². The standard InChI is InChI=1S/C14H15ClN4O2S/c1-8-5-12(16)19-14(17-8)22-7-13(20)18-10-6-9(15)3-4-11(10)21-2/h3-6H,7H2,1-2H3,(H,18,20)(H2,16,17,19). The van der Waals surface area contributed by atoms with E-state index in [0.717, 1.165) is 5.69 Å². The summed E-state index contributed by atoms with van der Waals surface area (Å²) in [6.07, 6.45) is 0. The van der Waals surface area contributed by atoms with Gasteiger partial charge in [-0.2, -0.15) is 0 Å². The van der Waals surface area contributed by atoms with Gasteiger partial charge in [0.25, 0.3) is 0 Å². The highest BCUT2D eigenvalue weighted by molar-refractivity contribution is 7.99. The van der Waals surface area contributed by atoms with E-state index in [2.05, 4.69) is 15.3 Å². The minimum atomic E-state index is -0.214. The number of halogens is 1. The molecule has 0 aliphatic carbocycles. The molecule has 0 atom stereocenters. The highest BCUT2D eigenvalue weighted by atomic mass is 35.5. The predicted octanol–water partition coefficient (Wildman–Crippen LogP) is 2.76. The van der Waals surface area contributed by atoms with Gasteiger partial charge in [-0.25, -0.2) is 9.97 Å². The largest absolute Gasteiger partial charge is 0.495 e. The number of nitrogens with two attached hydrogens (primary N) is 1. The van der Waals surface area contributed by atoms with Gasteiger partial charge in [0.1, 0.15) is 11.6 Å². The summed E-state index contributed by atoms with van der Waals surface area (Å²) in [6, 6.07) is 6.68. The molecule has 0 radical (unpaired) electrons. The summed E-state index contributed by atoms with van der Waals surface area (Å²) in [4.78, 5) is 20.3. The lowest BCUT2D eigenvalue weighted by Crippen LogP contribution is -2.15.